The van der Waals surface area contributed by atoms with Crippen LogP contribution in [-0.2, 0) is 0 Å². The van der Waals surface area contributed by atoms with Gasteiger partial charge in [-0.3, -0.25) is 0 Å². The van der Waals surface area contributed by atoms with E-state index < -0.39 is 39.9 Å². The van der Waals surface area contributed by atoms with Gasteiger partial charge in [0.25, 0.3) is 0 Å². The Bertz CT molecular complexity index is 183. The fourth-order valence-corrected chi connectivity index (χ4v) is 8.10. The third-order valence-electron chi connectivity index (χ3n) is 3.17. The fourth-order valence-electron chi connectivity index (χ4n) is 1.43. The van der Waals surface area contributed by atoms with E-state index in [9.17, 15) is 30.6 Å². The van der Waals surface area contributed by atoms with Gasteiger partial charge in [0.1, 0.15) is 0 Å². The van der Waals surface area contributed by atoms with Crippen LogP contribution in [0.1, 0.15) is 6.42 Å². The number of hydrogen-bond donors (Lipinski definition) is 6. The summed E-state index contributed by atoms with van der Waals surface area (Å²) in [4.78, 5) is 0. The van der Waals surface area contributed by atoms with Gasteiger partial charge in [0.2, 0.25) is 0 Å². The van der Waals surface area contributed by atoms with E-state index in [1.165, 1.54) is 0 Å². The van der Waals surface area contributed by atoms with Gasteiger partial charge in [-0.25, -0.2) is 0 Å². The topological polar surface area (TPSA) is 121 Å². The van der Waals surface area contributed by atoms with Crippen molar-refractivity contribution in [2.24, 2.45) is 0 Å². The summed E-state index contributed by atoms with van der Waals surface area (Å²) >= 11 is -1.30. The van der Waals surface area contributed by atoms with Crippen molar-refractivity contribution in [3.63, 3.8) is 0 Å². The first-order valence-electron chi connectivity index (χ1n) is 6.23. The predicted octanol–water partition coefficient (Wildman–Crippen LogP) is -2.64. The molecule has 2 atom stereocenters. The van der Waals surface area contributed by atoms with Crippen molar-refractivity contribution in [3.8, 4) is 0 Å². The Morgan fingerprint density at radius 3 is 1.00 bits per heavy atom. The van der Waals surface area contributed by atoms with Gasteiger partial charge in [-0.2, -0.15) is 0 Å². The Balaban J connectivity index is 3.98. The molecule has 0 saturated carbocycles. The molecule has 19 heavy (non-hydrogen) atoms. The minimum atomic E-state index is -0.692. The molecule has 2 unspecified atom stereocenters. The third kappa shape index (κ3) is 6.45. The molecule has 6 N–H and O–H groups in total. The molecule has 0 fully saturated rings. The Hall–Kier alpha value is 0.877. The van der Waals surface area contributed by atoms with Crippen LogP contribution in [0.25, 0.3) is 0 Å². The Morgan fingerprint density at radius 2 is 0.789 bits per heavy atom. The van der Waals surface area contributed by atoms with Crippen molar-refractivity contribution in [1.29, 1.82) is 0 Å². The molecular weight excluding hydrogens is 378 g/mol. The van der Waals surface area contributed by atoms with Crippen LogP contribution in [0.4, 0.5) is 0 Å². The second kappa shape index (κ2) is 10.6. The zero-order valence-electron chi connectivity index (χ0n) is 11.0. The van der Waals surface area contributed by atoms with E-state index in [0.717, 1.165) is 16.8 Å². The molecule has 0 aromatic carbocycles. The number of aliphatic hydroxyl groups is 6. The van der Waals surface area contributed by atoms with Gasteiger partial charge in [0, 0.05) is 0 Å². The van der Waals surface area contributed by atoms with Crippen LogP contribution in [0.3, 0.4) is 0 Å². The molecule has 0 aliphatic heterocycles. The molecule has 0 saturated heterocycles. The van der Waals surface area contributed by atoms with Crippen molar-refractivity contribution < 1.29 is 30.6 Å². The SMILES string of the molecule is OCC(CO)(CO)[AsH]CCC[AsH]C(CO)(CO)CO. The summed E-state index contributed by atoms with van der Waals surface area (Å²) in [5, 5.41) is 56.9. The van der Waals surface area contributed by atoms with E-state index in [1.807, 2.05) is 0 Å². The van der Waals surface area contributed by atoms with E-state index in [2.05, 4.69) is 0 Å². The molecule has 6 nitrogen and oxygen atoms in total. The van der Waals surface area contributed by atoms with Gasteiger partial charge >= 0.3 is 127 Å². The molecule has 0 heterocycles. The van der Waals surface area contributed by atoms with E-state index in [4.69, 9.17) is 0 Å². The number of rotatable bonds is 12. The zero-order valence-corrected chi connectivity index (χ0v) is 15.2. The van der Waals surface area contributed by atoms with Crippen LogP contribution in [-0.4, -0.2) is 102 Å². The molecule has 116 valence electrons. The van der Waals surface area contributed by atoms with Crippen molar-refractivity contribution >= 4 is 31.5 Å². The first kappa shape index (κ1) is 19.9. The molecule has 8 heteroatoms. The second-order valence-corrected chi connectivity index (χ2v) is 12.7. The van der Waals surface area contributed by atoms with E-state index in [-0.39, 0.29) is 39.6 Å². The molecule has 0 rings (SSSR count). The van der Waals surface area contributed by atoms with Crippen molar-refractivity contribution in [3.05, 3.63) is 0 Å². The molecule has 0 amide bonds. The van der Waals surface area contributed by atoms with Gasteiger partial charge in [-0.05, 0) is 0 Å². The predicted molar refractivity (Wildman–Crippen MR) is 76.4 cm³/mol. The molecule has 0 bridgehead atoms. The molecule has 0 aromatic rings. The van der Waals surface area contributed by atoms with E-state index >= 15 is 0 Å². The van der Waals surface area contributed by atoms with E-state index in [0.29, 0.717) is 0 Å². The molecule has 0 aromatic heterocycles. The Labute approximate surface area is 127 Å². The molecule has 0 aliphatic carbocycles. The monoisotopic (exact) mass is 404 g/mol. The van der Waals surface area contributed by atoms with Gasteiger partial charge in [-0.1, -0.05) is 0 Å². The second-order valence-electron chi connectivity index (χ2n) is 4.72. The van der Waals surface area contributed by atoms with Crippen molar-refractivity contribution in [2.75, 3.05) is 39.6 Å². The van der Waals surface area contributed by atoms with Crippen LogP contribution in [0.2, 0.25) is 18.8 Å². The summed E-state index contributed by atoms with van der Waals surface area (Å²) in [7, 11) is 0. The first-order valence-corrected chi connectivity index (χ1v) is 11.3. The quantitative estimate of drug-likeness (QED) is 0.156. The van der Waals surface area contributed by atoms with Crippen LogP contribution in [0.15, 0.2) is 0 Å². The fraction of sp³-hybridized carbons (Fsp3) is 1.00. The average Bonchev–Trinajstić information content (AvgIpc) is 2.48. The average molecular weight is 404 g/mol. The molecule has 0 aliphatic rings. The summed E-state index contributed by atoms with van der Waals surface area (Å²) < 4.78 is -1.38. The standard InChI is InChI=1S/C11H26As2O6/c14-4-10(5-15,6-16)12-2-1-3-13-11(7-17,8-18)9-19/h12-19H,1-9H2. The summed E-state index contributed by atoms with van der Waals surface area (Å²) in [5.41, 5.74) is 0. The van der Waals surface area contributed by atoms with Crippen molar-refractivity contribution in [2.45, 2.75) is 25.2 Å². The molecular formula is C11H26As2O6. The van der Waals surface area contributed by atoms with Crippen LogP contribution >= 0.6 is 0 Å². The summed E-state index contributed by atoms with van der Waals surface area (Å²) in [5.74, 6) is 0. The number of hydrogen-bond acceptors (Lipinski definition) is 6. The number of aliphatic hydroxyl groups excluding tert-OH is 6. The van der Waals surface area contributed by atoms with Gasteiger partial charge in [-0.15, -0.1) is 0 Å². The minimum absolute atomic E-state index is 0.190. The Morgan fingerprint density at radius 1 is 0.526 bits per heavy atom. The first-order chi connectivity index (χ1) is 9.07. The summed E-state index contributed by atoms with van der Waals surface area (Å²) in [6, 6.07) is 0. The van der Waals surface area contributed by atoms with Gasteiger partial charge in [0.05, 0.1) is 0 Å². The summed E-state index contributed by atoms with van der Waals surface area (Å²) in [6.45, 7) is -1.14. The van der Waals surface area contributed by atoms with E-state index in [1.54, 1.807) is 0 Å². The Kier molecular flexibility index (Phi) is 11.1. The van der Waals surface area contributed by atoms with Crippen LogP contribution < -0.4 is 0 Å². The zero-order chi connectivity index (χ0) is 14.8. The molecule has 0 radical (unpaired) electrons. The van der Waals surface area contributed by atoms with Crippen LogP contribution in [0.5, 0.6) is 0 Å². The maximum absolute atomic E-state index is 9.20. The van der Waals surface area contributed by atoms with Gasteiger partial charge < -0.3 is 0 Å². The molecule has 0 spiro atoms. The van der Waals surface area contributed by atoms with Crippen molar-refractivity contribution in [1.82, 2.24) is 0 Å². The summed E-state index contributed by atoms with van der Waals surface area (Å²) in [6.07, 6.45) is 0.892. The third-order valence-corrected chi connectivity index (χ3v) is 10.8. The van der Waals surface area contributed by atoms with Crippen LogP contribution in [0, 0.1) is 0 Å². The maximum atomic E-state index is 9.20. The normalized spacial score (nSPS) is 14.2. The van der Waals surface area contributed by atoms with Gasteiger partial charge in [0.15, 0.2) is 0 Å².